The van der Waals surface area contributed by atoms with E-state index in [-0.39, 0.29) is 22.1 Å². The van der Waals surface area contributed by atoms with Crippen molar-refractivity contribution in [1.29, 1.82) is 0 Å². The van der Waals surface area contributed by atoms with Crippen LogP contribution in [0.5, 0.6) is 5.75 Å². The summed E-state index contributed by atoms with van der Waals surface area (Å²) in [5.41, 5.74) is 5.76. The van der Waals surface area contributed by atoms with Crippen LogP contribution >= 0.6 is 12.2 Å². The number of nitro groups is 1. The molecule has 2 aromatic carbocycles. The second kappa shape index (κ2) is 7.51. The Balaban J connectivity index is 2.04. The minimum Gasteiger partial charge on any atom is -0.507 e. The monoisotopic (exact) mass is 344 g/mol. The number of rotatable bonds is 4. The van der Waals surface area contributed by atoms with Crippen LogP contribution in [0.2, 0.25) is 0 Å². The van der Waals surface area contributed by atoms with E-state index in [0.717, 1.165) is 16.8 Å². The number of non-ortho nitro benzene ring substituents is 1. The molecule has 0 aromatic heterocycles. The van der Waals surface area contributed by atoms with E-state index < -0.39 is 4.92 Å². The normalized spacial score (nSPS) is 10.6. The maximum atomic E-state index is 10.7. The molecule has 0 heterocycles. The van der Waals surface area contributed by atoms with Gasteiger partial charge in [0.1, 0.15) is 5.75 Å². The quantitative estimate of drug-likeness (QED) is 0.341. The Kier molecular flexibility index (Phi) is 5.43. The summed E-state index contributed by atoms with van der Waals surface area (Å²) in [4.78, 5) is 10.2. The molecule has 7 nitrogen and oxygen atoms in total. The van der Waals surface area contributed by atoms with Gasteiger partial charge in [0, 0.05) is 23.4 Å². The summed E-state index contributed by atoms with van der Waals surface area (Å²) in [6, 6.07) is 9.49. The van der Waals surface area contributed by atoms with Crippen molar-refractivity contribution in [2.45, 2.75) is 13.8 Å². The fourth-order valence-electron chi connectivity index (χ4n) is 1.96. The van der Waals surface area contributed by atoms with Crippen molar-refractivity contribution >= 4 is 34.9 Å². The number of nitro benzene ring substituents is 1. The van der Waals surface area contributed by atoms with E-state index in [9.17, 15) is 15.2 Å². The highest BCUT2D eigenvalue weighted by molar-refractivity contribution is 7.80. The van der Waals surface area contributed by atoms with Crippen molar-refractivity contribution in [3.8, 4) is 5.75 Å². The Labute approximate surface area is 144 Å². The number of aromatic hydroxyl groups is 1. The molecule has 124 valence electrons. The van der Waals surface area contributed by atoms with Crippen molar-refractivity contribution in [1.82, 2.24) is 5.43 Å². The third kappa shape index (κ3) is 4.26. The summed E-state index contributed by atoms with van der Waals surface area (Å²) in [5.74, 6) is -0.112. The minimum absolute atomic E-state index is 0.112. The van der Waals surface area contributed by atoms with Gasteiger partial charge in [-0.2, -0.15) is 5.10 Å². The minimum atomic E-state index is -0.545. The summed E-state index contributed by atoms with van der Waals surface area (Å²) in [5, 5.41) is 27.6. The molecule has 0 aliphatic rings. The summed E-state index contributed by atoms with van der Waals surface area (Å²) in [6.07, 6.45) is 1.26. The molecule has 0 saturated carbocycles. The highest BCUT2D eigenvalue weighted by atomic mass is 32.1. The number of thiocarbonyl (C=S) groups is 1. The molecule has 0 spiro atoms. The topological polar surface area (TPSA) is 99.8 Å². The third-order valence-electron chi connectivity index (χ3n) is 3.44. The molecule has 0 unspecified atom stereocenters. The first-order chi connectivity index (χ1) is 11.4. The zero-order chi connectivity index (χ0) is 17.7. The molecular weight excluding hydrogens is 328 g/mol. The molecule has 0 bridgehead atoms. The van der Waals surface area contributed by atoms with E-state index in [0.29, 0.717) is 0 Å². The number of nitrogens with one attached hydrogen (secondary N) is 2. The standard InChI is InChI=1S/C16H16N4O3S/c1-10-4-3-5-14(11(10)2)18-16(24)19-17-9-12-8-13(20(22)23)6-7-15(12)21/h3-9,21H,1-2H3,(H2,18,19,24)/b17-9-. The lowest BCUT2D eigenvalue weighted by Gasteiger charge is -2.11. The van der Waals surface area contributed by atoms with Gasteiger partial charge in [-0.25, -0.2) is 0 Å². The van der Waals surface area contributed by atoms with Crippen LogP contribution in [0.15, 0.2) is 41.5 Å². The van der Waals surface area contributed by atoms with Crippen LogP contribution in [0.25, 0.3) is 0 Å². The van der Waals surface area contributed by atoms with E-state index >= 15 is 0 Å². The predicted molar refractivity (Wildman–Crippen MR) is 97.6 cm³/mol. The lowest BCUT2D eigenvalue weighted by atomic mass is 10.1. The van der Waals surface area contributed by atoms with Gasteiger partial charge in [-0.15, -0.1) is 0 Å². The zero-order valence-electron chi connectivity index (χ0n) is 13.1. The number of phenolic OH excluding ortho intramolecular Hbond substituents is 1. The molecule has 0 radical (unpaired) electrons. The SMILES string of the molecule is Cc1cccc(NC(=S)N/N=C\c2cc([N+](=O)[O-])ccc2O)c1C. The molecule has 0 aliphatic carbocycles. The van der Waals surface area contributed by atoms with Crippen LogP contribution in [0, 0.1) is 24.0 Å². The van der Waals surface area contributed by atoms with Gasteiger partial charge >= 0.3 is 0 Å². The average molecular weight is 344 g/mol. The van der Waals surface area contributed by atoms with Crippen molar-refractivity contribution in [2.24, 2.45) is 5.10 Å². The Morgan fingerprint density at radius 2 is 2.08 bits per heavy atom. The Morgan fingerprint density at radius 1 is 1.33 bits per heavy atom. The largest absolute Gasteiger partial charge is 0.507 e. The Bertz CT molecular complexity index is 821. The third-order valence-corrected chi connectivity index (χ3v) is 3.64. The molecule has 3 N–H and O–H groups in total. The molecule has 8 heteroatoms. The number of phenols is 1. The Hall–Kier alpha value is -3.00. The molecule has 0 atom stereocenters. The molecular formula is C16H16N4O3S. The van der Waals surface area contributed by atoms with Gasteiger partial charge < -0.3 is 10.4 Å². The zero-order valence-corrected chi connectivity index (χ0v) is 13.9. The number of anilines is 1. The molecule has 0 fully saturated rings. The van der Waals surface area contributed by atoms with Crippen LogP contribution in [-0.4, -0.2) is 21.4 Å². The van der Waals surface area contributed by atoms with E-state index in [1.165, 1.54) is 24.4 Å². The second-order valence-electron chi connectivity index (χ2n) is 5.07. The van der Waals surface area contributed by atoms with E-state index in [1.807, 2.05) is 32.0 Å². The summed E-state index contributed by atoms with van der Waals surface area (Å²) in [6.45, 7) is 3.98. The maximum Gasteiger partial charge on any atom is 0.270 e. The second-order valence-corrected chi connectivity index (χ2v) is 5.48. The fraction of sp³-hybridized carbons (Fsp3) is 0.125. The van der Waals surface area contributed by atoms with Crippen LogP contribution in [0.1, 0.15) is 16.7 Å². The van der Waals surface area contributed by atoms with Crippen LogP contribution in [-0.2, 0) is 0 Å². The van der Waals surface area contributed by atoms with Crippen molar-refractivity contribution in [2.75, 3.05) is 5.32 Å². The van der Waals surface area contributed by atoms with Gasteiger partial charge in [0.15, 0.2) is 5.11 Å². The number of hydrogen-bond acceptors (Lipinski definition) is 5. The highest BCUT2D eigenvalue weighted by Crippen LogP contribution is 2.21. The van der Waals surface area contributed by atoms with Crippen molar-refractivity contribution in [3.05, 3.63) is 63.2 Å². The number of nitrogens with zero attached hydrogens (tertiary/aromatic N) is 2. The van der Waals surface area contributed by atoms with Gasteiger partial charge in [-0.05, 0) is 49.3 Å². The lowest BCUT2D eigenvalue weighted by Crippen LogP contribution is -2.24. The number of benzene rings is 2. The van der Waals surface area contributed by atoms with Gasteiger partial charge in [0.05, 0.1) is 11.1 Å². The van der Waals surface area contributed by atoms with Gasteiger partial charge in [-0.3, -0.25) is 15.5 Å². The van der Waals surface area contributed by atoms with Crippen LogP contribution in [0.4, 0.5) is 11.4 Å². The van der Waals surface area contributed by atoms with Crippen LogP contribution in [0.3, 0.4) is 0 Å². The van der Waals surface area contributed by atoms with Gasteiger partial charge in [-0.1, -0.05) is 12.1 Å². The Morgan fingerprint density at radius 3 is 2.79 bits per heavy atom. The van der Waals surface area contributed by atoms with Crippen LogP contribution < -0.4 is 10.7 Å². The molecule has 0 saturated heterocycles. The lowest BCUT2D eigenvalue weighted by molar-refractivity contribution is -0.384. The van der Waals surface area contributed by atoms with Gasteiger partial charge in [0.25, 0.3) is 5.69 Å². The average Bonchev–Trinajstić information content (AvgIpc) is 2.53. The first-order valence-electron chi connectivity index (χ1n) is 7.02. The molecule has 2 rings (SSSR count). The van der Waals surface area contributed by atoms with Gasteiger partial charge in [0.2, 0.25) is 0 Å². The molecule has 2 aromatic rings. The molecule has 24 heavy (non-hydrogen) atoms. The summed E-state index contributed by atoms with van der Waals surface area (Å²) in [7, 11) is 0. The first-order valence-corrected chi connectivity index (χ1v) is 7.43. The van der Waals surface area contributed by atoms with E-state index in [2.05, 4.69) is 15.8 Å². The number of aryl methyl sites for hydroxylation is 1. The molecule has 0 amide bonds. The summed E-state index contributed by atoms with van der Waals surface area (Å²) >= 11 is 5.15. The number of hydrazone groups is 1. The first kappa shape index (κ1) is 17.4. The molecule has 0 aliphatic heterocycles. The predicted octanol–water partition coefficient (Wildman–Crippen LogP) is 3.24. The van der Waals surface area contributed by atoms with E-state index in [1.54, 1.807) is 0 Å². The smallest absolute Gasteiger partial charge is 0.270 e. The van der Waals surface area contributed by atoms with Crippen molar-refractivity contribution in [3.63, 3.8) is 0 Å². The maximum absolute atomic E-state index is 10.7. The van der Waals surface area contributed by atoms with Crippen molar-refractivity contribution < 1.29 is 10.0 Å². The fourth-order valence-corrected chi connectivity index (χ4v) is 2.12. The summed E-state index contributed by atoms with van der Waals surface area (Å²) < 4.78 is 0. The number of hydrogen-bond donors (Lipinski definition) is 3. The highest BCUT2D eigenvalue weighted by Gasteiger charge is 2.08. The van der Waals surface area contributed by atoms with E-state index in [4.69, 9.17) is 12.2 Å².